The van der Waals surface area contributed by atoms with Crippen molar-refractivity contribution in [3.63, 3.8) is 0 Å². The third-order valence-corrected chi connectivity index (χ3v) is 1.67. The molecule has 0 bridgehead atoms. The van der Waals surface area contributed by atoms with Crippen molar-refractivity contribution in [2.45, 2.75) is 38.8 Å². The molecule has 0 saturated carbocycles. The maximum atomic E-state index is 11.7. The van der Waals surface area contributed by atoms with Gasteiger partial charge in [0.2, 0.25) is 0 Å². The van der Waals surface area contributed by atoms with Crippen molar-refractivity contribution in [2.75, 3.05) is 13.1 Å². The van der Waals surface area contributed by atoms with Crippen molar-refractivity contribution >= 4 is 0 Å². The average Bonchev–Trinajstić information content (AvgIpc) is 2.08. The van der Waals surface area contributed by atoms with Gasteiger partial charge in [-0.1, -0.05) is 0 Å². The summed E-state index contributed by atoms with van der Waals surface area (Å²) in [5.74, 6) is 5.62. The van der Waals surface area contributed by atoms with Crippen LogP contribution < -0.4 is 5.32 Å². The van der Waals surface area contributed by atoms with E-state index in [-0.39, 0.29) is 6.42 Å². The van der Waals surface area contributed by atoms with Gasteiger partial charge < -0.3 is 5.32 Å². The molecule has 0 amide bonds. The molecule has 82 valence electrons. The molecule has 0 aliphatic heterocycles. The zero-order chi connectivity index (χ0) is 10.9. The van der Waals surface area contributed by atoms with Crippen LogP contribution in [-0.2, 0) is 0 Å². The third-order valence-electron chi connectivity index (χ3n) is 1.67. The number of halogens is 3. The molecule has 0 aliphatic rings. The summed E-state index contributed by atoms with van der Waals surface area (Å²) in [5, 5.41) is 3.04. The van der Waals surface area contributed by atoms with Crippen LogP contribution in [0.5, 0.6) is 0 Å². The normalized spacial score (nSPS) is 10.9. The predicted molar refractivity (Wildman–Crippen MR) is 50.8 cm³/mol. The Kier molecular flexibility index (Phi) is 7.31. The summed E-state index contributed by atoms with van der Waals surface area (Å²) in [6, 6.07) is 0. The fourth-order valence-corrected chi connectivity index (χ4v) is 0.976. The molecule has 0 aliphatic carbocycles. The van der Waals surface area contributed by atoms with Crippen LogP contribution in [-0.4, -0.2) is 19.3 Å². The predicted octanol–water partition coefficient (Wildman–Crippen LogP) is 2.72. The molecular formula is C10H16F3N. The van der Waals surface area contributed by atoms with Crippen LogP contribution >= 0.6 is 0 Å². The highest BCUT2D eigenvalue weighted by Gasteiger charge is 2.25. The highest BCUT2D eigenvalue weighted by atomic mass is 19.4. The summed E-state index contributed by atoms with van der Waals surface area (Å²) >= 11 is 0. The first kappa shape index (κ1) is 13.3. The first-order valence-electron chi connectivity index (χ1n) is 4.73. The lowest BCUT2D eigenvalue weighted by atomic mass is 10.2. The number of hydrogen-bond acceptors (Lipinski definition) is 1. The standard InChI is InChI=1S/C10H16F3N/c1-2-3-5-8-14-9-6-4-7-10(11,12)13/h14H,4-9H2,1H3. The van der Waals surface area contributed by atoms with E-state index in [1.165, 1.54) is 0 Å². The summed E-state index contributed by atoms with van der Waals surface area (Å²) in [6.45, 7) is 3.16. The monoisotopic (exact) mass is 207 g/mol. The van der Waals surface area contributed by atoms with Crippen molar-refractivity contribution in [1.29, 1.82) is 0 Å². The lowest BCUT2D eigenvalue weighted by Gasteiger charge is -2.05. The second-order valence-corrected chi connectivity index (χ2v) is 3.00. The lowest BCUT2D eigenvalue weighted by molar-refractivity contribution is -0.135. The minimum Gasteiger partial charge on any atom is -0.316 e. The van der Waals surface area contributed by atoms with Crippen LogP contribution in [0.2, 0.25) is 0 Å². The van der Waals surface area contributed by atoms with Crippen LogP contribution in [0.15, 0.2) is 0 Å². The van der Waals surface area contributed by atoms with Crippen LogP contribution in [0, 0.1) is 11.8 Å². The summed E-state index contributed by atoms with van der Waals surface area (Å²) in [7, 11) is 0. The van der Waals surface area contributed by atoms with Gasteiger partial charge in [-0.3, -0.25) is 0 Å². The van der Waals surface area contributed by atoms with E-state index in [1.807, 2.05) is 0 Å². The van der Waals surface area contributed by atoms with E-state index in [2.05, 4.69) is 17.2 Å². The van der Waals surface area contributed by atoms with Crippen LogP contribution in [0.4, 0.5) is 13.2 Å². The summed E-state index contributed by atoms with van der Waals surface area (Å²) < 4.78 is 35.1. The summed E-state index contributed by atoms with van der Waals surface area (Å²) in [4.78, 5) is 0. The molecule has 0 saturated heterocycles. The average molecular weight is 207 g/mol. The van der Waals surface area contributed by atoms with E-state index in [0.717, 1.165) is 13.0 Å². The topological polar surface area (TPSA) is 12.0 Å². The number of unbranched alkanes of at least 4 members (excludes halogenated alkanes) is 1. The lowest BCUT2D eigenvalue weighted by Crippen LogP contribution is -2.17. The highest BCUT2D eigenvalue weighted by Crippen LogP contribution is 2.21. The molecule has 0 unspecified atom stereocenters. The quantitative estimate of drug-likeness (QED) is 0.521. The largest absolute Gasteiger partial charge is 0.389 e. The molecule has 14 heavy (non-hydrogen) atoms. The molecular weight excluding hydrogens is 191 g/mol. The van der Waals surface area contributed by atoms with Gasteiger partial charge in [-0.2, -0.15) is 13.2 Å². The van der Waals surface area contributed by atoms with Gasteiger partial charge in [-0.05, 0) is 26.3 Å². The number of rotatable bonds is 6. The molecule has 1 N–H and O–H groups in total. The smallest absolute Gasteiger partial charge is 0.316 e. The van der Waals surface area contributed by atoms with E-state index in [4.69, 9.17) is 0 Å². The Bertz CT molecular complexity index is 188. The molecule has 0 fully saturated rings. The minimum atomic E-state index is -4.01. The van der Waals surface area contributed by atoms with Gasteiger partial charge in [0.15, 0.2) is 0 Å². The zero-order valence-electron chi connectivity index (χ0n) is 8.38. The Morgan fingerprint density at radius 3 is 2.43 bits per heavy atom. The van der Waals surface area contributed by atoms with Crippen molar-refractivity contribution < 1.29 is 13.2 Å². The summed E-state index contributed by atoms with van der Waals surface area (Å²) in [6.07, 6.45) is -3.15. The first-order valence-corrected chi connectivity index (χ1v) is 4.73. The van der Waals surface area contributed by atoms with Crippen molar-refractivity contribution in [3.05, 3.63) is 0 Å². The molecule has 0 heterocycles. The second kappa shape index (κ2) is 7.69. The molecule has 0 spiro atoms. The molecule has 0 atom stereocenters. The number of alkyl halides is 3. The minimum absolute atomic E-state index is 0.204. The molecule has 0 aromatic heterocycles. The Morgan fingerprint density at radius 2 is 1.86 bits per heavy atom. The van der Waals surface area contributed by atoms with E-state index >= 15 is 0 Å². The Hall–Kier alpha value is -0.690. The molecule has 4 heteroatoms. The van der Waals surface area contributed by atoms with Crippen molar-refractivity contribution in [1.82, 2.24) is 5.32 Å². The van der Waals surface area contributed by atoms with Crippen LogP contribution in [0.1, 0.15) is 32.6 Å². The summed E-state index contributed by atoms with van der Waals surface area (Å²) in [5.41, 5.74) is 0. The molecule has 0 aromatic carbocycles. The number of hydrogen-bond donors (Lipinski definition) is 1. The molecule has 1 nitrogen and oxygen atoms in total. The van der Waals surface area contributed by atoms with Gasteiger partial charge in [-0.25, -0.2) is 0 Å². The third kappa shape index (κ3) is 11.3. The van der Waals surface area contributed by atoms with Gasteiger partial charge in [0.1, 0.15) is 0 Å². The highest BCUT2D eigenvalue weighted by molar-refractivity contribution is 4.94. The van der Waals surface area contributed by atoms with Crippen molar-refractivity contribution in [2.24, 2.45) is 0 Å². The van der Waals surface area contributed by atoms with Gasteiger partial charge in [0, 0.05) is 19.4 Å². The number of nitrogens with one attached hydrogen (secondary N) is 1. The Labute approximate surface area is 83.1 Å². The molecule has 0 radical (unpaired) electrons. The van der Waals surface area contributed by atoms with Crippen LogP contribution in [0.3, 0.4) is 0 Å². The van der Waals surface area contributed by atoms with E-state index < -0.39 is 12.6 Å². The van der Waals surface area contributed by atoms with Gasteiger partial charge in [-0.15, -0.1) is 11.8 Å². The molecule has 0 rings (SSSR count). The fraction of sp³-hybridized carbons (Fsp3) is 0.800. The van der Waals surface area contributed by atoms with E-state index in [1.54, 1.807) is 6.92 Å². The molecule has 0 aromatic rings. The van der Waals surface area contributed by atoms with E-state index in [9.17, 15) is 13.2 Å². The zero-order valence-corrected chi connectivity index (χ0v) is 8.38. The fourth-order valence-electron chi connectivity index (χ4n) is 0.976. The Morgan fingerprint density at radius 1 is 1.14 bits per heavy atom. The van der Waals surface area contributed by atoms with Crippen molar-refractivity contribution in [3.8, 4) is 11.8 Å². The first-order chi connectivity index (χ1) is 6.56. The van der Waals surface area contributed by atoms with Gasteiger partial charge in [0.25, 0.3) is 0 Å². The van der Waals surface area contributed by atoms with Crippen LogP contribution in [0.25, 0.3) is 0 Å². The maximum absolute atomic E-state index is 11.7. The maximum Gasteiger partial charge on any atom is 0.389 e. The second-order valence-electron chi connectivity index (χ2n) is 3.00. The Balaban J connectivity index is 3.09. The SMILES string of the molecule is CC#CCCNCCCCC(F)(F)F. The van der Waals surface area contributed by atoms with Gasteiger partial charge >= 0.3 is 6.18 Å². The van der Waals surface area contributed by atoms with E-state index in [0.29, 0.717) is 13.0 Å². The van der Waals surface area contributed by atoms with Gasteiger partial charge in [0.05, 0.1) is 0 Å².